The van der Waals surface area contributed by atoms with Crippen molar-refractivity contribution < 1.29 is 4.74 Å². The van der Waals surface area contributed by atoms with Gasteiger partial charge in [0, 0.05) is 11.6 Å². The average Bonchev–Trinajstić information content (AvgIpc) is 2.53. The van der Waals surface area contributed by atoms with Gasteiger partial charge >= 0.3 is 0 Å². The average molecular weight is 274 g/mol. The van der Waals surface area contributed by atoms with Crippen LogP contribution in [0.3, 0.4) is 0 Å². The number of fused-ring (bicyclic) bond motifs is 1. The van der Waals surface area contributed by atoms with Crippen LogP contribution in [-0.2, 0) is 0 Å². The van der Waals surface area contributed by atoms with Crippen molar-refractivity contribution >= 4 is 0 Å². The Morgan fingerprint density at radius 1 is 1.30 bits per heavy atom. The Morgan fingerprint density at radius 3 is 2.95 bits per heavy atom. The zero-order valence-electron chi connectivity index (χ0n) is 12.6. The minimum absolute atomic E-state index is 0.382. The van der Waals surface area contributed by atoms with E-state index in [0.717, 1.165) is 18.4 Å². The molecule has 3 rings (SSSR count). The van der Waals surface area contributed by atoms with Gasteiger partial charge in [0.05, 0.1) is 12.1 Å². The number of piperidine rings is 1. The number of likely N-dealkylation sites (N-methyl/N-ethyl adjacent to an activating group) is 1. The molecule has 0 spiro atoms. The lowest BCUT2D eigenvalue weighted by molar-refractivity contribution is 0.0311. The number of likely N-dealkylation sites (tertiary alicyclic amines) is 1. The number of hydrogen-bond donors (Lipinski definition) is 1. The van der Waals surface area contributed by atoms with E-state index in [4.69, 9.17) is 4.74 Å². The molecule has 20 heavy (non-hydrogen) atoms. The van der Waals surface area contributed by atoms with E-state index >= 15 is 0 Å². The van der Waals surface area contributed by atoms with Crippen LogP contribution in [0.4, 0.5) is 0 Å². The van der Waals surface area contributed by atoms with Crippen molar-refractivity contribution in [3.63, 3.8) is 0 Å². The minimum atomic E-state index is 0.382. The molecule has 1 N–H and O–H groups in total. The van der Waals surface area contributed by atoms with Crippen LogP contribution in [-0.4, -0.2) is 37.2 Å². The van der Waals surface area contributed by atoms with Crippen molar-refractivity contribution in [3.05, 3.63) is 29.8 Å². The predicted octanol–water partition coefficient (Wildman–Crippen LogP) is 2.97. The lowest BCUT2D eigenvalue weighted by Crippen LogP contribution is -2.54. The second kappa shape index (κ2) is 6.15. The zero-order valence-corrected chi connectivity index (χ0v) is 12.6. The van der Waals surface area contributed by atoms with Gasteiger partial charge < -0.3 is 10.1 Å². The monoisotopic (exact) mass is 274 g/mol. The van der Waals surface area contributed by atoms with Gasteiger partial charge in [0.15, 0.2) is 0 Å². The maximum atomic E-state index is 6.03. The number of nitrogens with one attached hydrogen (secondary N) is 1. The first-order valence-electron chi connectivity index (χ1n) is 8.00. The van der Waals surface area contributed by atoms with Crippen molar-refractivity contribution in [2.75, 3.05) is 20.2 Å². The van der Waals surface area contributed by atoms with Gasteiger partial charge in [0.25, 0.3) is 0 Å². The third-order valence-electron chi connectivity index (χ3n) is 4.93. The Kier molecular flexibility index (Phi) is 4.27. The number of nitrogens with zero attached hydrogens (tertiary/aromatic N) is 1. The standard InChI is InChI=1S/C17H26N2O/c1-3-13-8-6-7-11-19(13)15-12-20-16-10-5-4-9-14(16)17(15)18-2/h4-5,9-10,13,15,17-18H,3,6-8,11-12H2,1-2H3. The molecule has 1 aromatic carbocycles. The zero-order chi connectivity index (χ0) is 13.9. The maximum Gasteiger partial charge on any atom is 0.124 e. The Bertz CT molecular complexity index is 448. The molecule has 3 atom stereocenters. The third kappa shape index (κ3) is 2.45. The normalized spacial score (nSPS) is 30.6. The van der Waals surface area contributed by atoms with E-state index in [2.05, 4.69) is 48.5 Å². The van der Waals surface area contributed by atoms with Crippen molar-refractivity contribution in [1.29, 1.82) is 0 Å². The third-order valence-corrected chi connectivity index (χ3v) is 4.93. The van der Waals surface area contributed by atoms with Crippen LogP contribution in [0.1, 0.15) is 44.2 Å². The molecule has 3 unspecified atom stereocenters. The molecule has 0 saturated carbocycles. The molecule has 0 radical (unpaired) electrons. The van der Waals surface area contributed by atoms with E-state index in [1.807, 2.05) is 0 Å². The summed E-state index contributed by atoms with van der Waals surface area (Å²) < 4.78 is 6.03. The van der Waals surface area contributed by atoms with Gasteiger partial charge in [0.2, 0.25) is 0 Å². The van der Waals surface area contributed by atoms with Gasteiger partial charge in [-0.2, -0.15) is 0 Å². The molecule has 2 aliphatic rings. The highest BCUT2D eigenvalue weighted by Crippen LogP contribution is 2.36. The highest BCUT2D eigenvalue weighted by atomic mass is 16.5. The SMILES string of the molecule is CCC1CCCCN1C1COc2ccccc2C1NC. The summed E-state index contributed by atoms with van der Waals surface area (Å²) in [5, 5.41) is 3.53. The van der Waals surface area contributed by atoms with E-state index in [-0.39, 0.29) is 0 Å². The maximum absolute atomic E-state index is 6.03. The lowest BCUT2D eigenvalue weighted by atomic mass is 9.90. The van der Waals surface area contributed by atoms with Gasteiger partial charge in [-0.15, -0.1) is 0 Å². The molecule has 2 heterocycles. The summed E-state index contributed by atoms with van der Waals surface area (Å²) >= 11 is 0. The molecule has 0 aliphatic carbocycles. The summed E-state index contributed by atoms with van der Waals surface area (Å²) in [6, 6.07) is 10.0. The summed E-state index contributed by atoms with van der Waals surface area (Å²) in [5.74, 6) is 1.05. The van der Waals surface area contributed by atoms with Crippen LogP contribution in [0.25, 0.3) is 0 Å². The fraction of sp³-hybridized carbons (Fsp3) is 0.647. The number of rotatable bonds is 3. The van der Waals surface area contributed by atoms with Crippen LogP contribution in [0, 0.1) is 0 Å². The fourth-order valence-corrected chi connectivity index (χ4v) is 3.88. The molecule has 3 nitrogen and oxygen atoms in total. The van der Waals surface area contributed by atoms with Gasteiger partial charge in [-0.1, -0.05) is 31.5 Å². The topological polar surface area (TPSA) is 24.5 Å². The second-order valence-corrected chi connectivity index (χ2v) is 5.98. The van der Waals surface area contributed by atoms with Crippen molar-refractivity contribution in [3.8, 4) is 5.75 Å². The van der Waals surface area contributed by atoms with Gasteiger partial charge in [-0.3, -0.25) is 4.90 Å². The summed E-state index contributed by atoms with van der Waals surface area (Å²) in [4.78, 5) is 2.70. The number of benzene rings is 1. The Labute approximate surface area is 122 Å². The van der Waals surface area contributed by atoms with E-state index < -0.39 is 0 Å². The highest BCUT2D eigenvalue weighted by molar-refractivity contribution is 5.38. The Hall–Kier alpha value is -1.06. The number of para-hydroxylation sites is 1. The molecule has 2 aliphatic heterocycles. The highest BCUT2D eigenvalue weighted by Gasteiger charge is 2.37. The number of ether oxygens (including phenoxy) is 1. The first kappa shape index (κ1) is 13.9. The molecule has 0 aromatic heterocycles. The Balaban J connectivity index is 1.86. The summed E-state index contributed by atoms with van der Waals surface area (Å²) in [5.41, 5.74) is 1.31. The summed E-state index contributed by atoms with van der Waals surface area (Å²) in [6.07, 6.45) is 5.29. The molecule has 3 heteroatoms. The summed E-state index contributed by atoms with van der Waals surface area (Å²) in [6.45, 7) is 4.33. The molecular formula is C17H26N2O. The molecular weight excluding hydrogens is 248 g/mol. The molecule has 1 aromatic rings. The number of hydrogen-bond acceptors (Lipinski definition) is 3. The van der Waals surface area contributed by atoms with E-state index in [0.29, 0.717) is 12.1 Å². The molecule has 1 saturated heterocycles. The largest absolute Gasteiger partial charge is 0.492 e. The Morgan fingerprint density at radius 2 is 2.15 bits per heavy atom. The van der Waals surface area contributed by atoms with Crippen LogP contribution in [0.15, 0.2) is 24.3 Å². The van der Waals surface area contributed by atoms with Gasteiger partial charge in [-0.25, -0.2) is 0 Å². The van der Waals surface area contributed by atoms with Crippen LogP contribution in [0.5, 0.6) is 5.75 Å². The molecule has 1 fully saturated rings. The van der Waals surface area contributed by atoms with Crippen LogP contribution >= 0.6 is 0 Å². The smallest absolute Gasteiger partial charge is 0.124 e. The summed E-state index contributed by atoms with van der Waals surface area (Å²) in [7, 11) is 2.07. The predicted molar refractivity (Wildman–Crippen MR) is 82.2 cm³/mol. The van der Waals surface area contributed by atoms with Gasteiger partial charge in [-0.05, 0) is 38.9 Å². The first-order chi connectivity index (χ1) is 9.85. The minimum Gasteiger partial charge on any atom is -0.492 e. The quantitative estimate of drug-likeness (QED) is 0.917. The molecule has 0 amide bonds. The van der Waals surface area contributed by atoms with Crippen LogP contribution < -0.4 is 10.1 Å². The van der Waals surface area contributed by atoms with E-state index in [9.17, 15) is 0 Å². The van der Waals surface area contributed by atoms with Gasteiger partial charge in [0.1, 0.15) is 12.4 Å². The van der Waals surface area contributed by atoms with Crippen molar-refractivity contribution in [2.45, 2.75) is 50.7 Å². The van der Waals surface area contributed by atoms with E-state index in [1.54, 1.807) is 0 Å². The fourth-order valence-electron chi connectivity index (χ4n) is 3.88. The second-order valence-electron chi connectivity index (χ2n) is 5.98. The first-order valence-corrected chi connectivity index (χ1v) is 8.00. The lowest BCUT2D eigenvalue weighted by Gasteiger charge is -2.46. The van der Waals surface area contributed by atoms with Crippen molar-refractivity contribution in [1.82, 2.24) is 10.2 Å². The van der Waals surface area contributed by atoms with Crippen molar-refractivity contribution in [2.24, 2.45) is 0 Å². The van der Waals surface area contributed by atoms with E-state index in [1.165, 1.54) is 37.8 Å². The molecule has 0 bridgehead atoms. The van der Waals surface area contributed by atoms with Crippen LogP contribution in [0.2, 0.25) is 0 Å². The molecule has 110 valence electrons.